The van der Waals surface area contributed by atoms with E-state index in [1.165, 1.54) is 27.8 Å². The van der Waals surface area contributed by atoms with E-state index in [0.717, 1.165) is 86.0 Å². The fourth-order valence-electron chi connectivity index (χ4n) is 7.43. The van der Waals surface area contributed by atoms with Gasteiger partial charge in [-0.1, -0.05) is 72.8 Å². The maximum absolute atomic E-state index is 11.4. The monoisotopic (exact) mass is 769 g/mol. The molecule has 2 atom stereocenters. The zero-order valence-electron chi connectivity index (χ0n) is 33.9. The van der Waals surface area contributed by atoms with Crippen molar-refractivity contribution in [2.45, 2.75) is 72.4 Å². The molecule has 9 nitrogen and oxygen atoms in total. The van der Waals surface area contributed by atoms with Crippen molar-refractivity contribution in [2.24, 2.45) is 0 Å². The first kappa shape index (κ1) is 39.9. The number of aryl methyl sites for hydroxylation is 6. The maximum atomic E-state index is 11.4. The fourth-order valence-corrected chi connectivity index (χ4v) is 7.43. The molecular formula is C49H51N7O2. The summed E-state index contributed by atoms with van der Waals surface area (Å²) < 4.78 is 0. The Morgan fingerprint density at radius 1 is 0.621 bits per heavy atom. The van der Waals surface area contributed by atoms with E-state index in [2.05, 4.69) is 106 Å². The van der Waals surface area contributed by atoms with Gasteiger partial charge in [0.15, 0.2) is 17.4 Å². The SMILES string of the molecule is CC(=O)c1ccc(CCc2cnc3c(N)nc4cc(C)ccc4c3c2)cc1.Cc1ccc2c(c1)nc(N)c1ncc(CCc3ccc(C(C)N[C@H](C)CO)cc3)cc12. The Labute approximate surface area is 339 Å². The second-order valence-corrected chi connectivity index (χ2v) is 15.5. The molecule has 4 aromatic carbocycles. The minimum absolute atomic E-state index is 0.0827. The van der Waals surface area contributed by atoms with Crippen molar-refractivity contribution in [3.63, 3.8) is 0 Å². The van der Waals surface area contributed by atoms with Gasteiger partial charge in [-0.25, -0.2) is 9.97 Å². The lowest BCUT2D eigenvalue weighted by molar-refractivity contribution is 0.101. The average Bonchev–Trinajstić information content (AvgIpc) is 3.22. The third kappa shape index (κ3) is 9.12. The number of aliphatic hydroxyl groups is 1. The molecule has 0 radical (unpaired) electrons. The standard InChI is InChI=1S/C26H30N4O.C23H21N3O/c1-16-4-11-22-23-13-20(14-28-25(23)26(27)30-24(22)12-16)6-5-19-7-9-21(10-8-19)18(3)29-17(2)15-31;1-14-3-10-19-20-12-17(13-25-22(20)23(24)26-21(19)11-14)5-4-16-6-8-18(9-7-16)15(2)27/h4,7-14,17-18,29,31H,5-6,15H2,1-3H3,(H2,27,30);3,6-13H,4-5H2,1-2H3,(H2,24,26)/t17-,18?;/m1./s1. The summed E-state index contributed by atoms with van der Waals surface area (Å²) in [5.41, 5.74) is 24.8. The van der Waals surface area contributed by atoms with E-state index in [1.807, 2.05) is 56.6 Å². The Balaban J connectivity index is 0.000000178. The third-order valence-electron chi connectivity index (χ3n) is 10.8. The normalized spacial score (nSPS) is 12.4. The number of benzene rings is 4. The highest BCUT2D eigenvalue weighted by molar-refractivity contribution is 6.09. The Bertz CT molecular complexity index is 2750. The number of nitrogens with one attached hydrogen (secondary N) is 1. The summed E-state index contributed by atoms with van der Waals surface area (Å²) in [6, 6.07) is 33.7. The number of carbonyl (C=O) groups is 1. The number of nitrogens with zero attached hydrogens (tertiary/aromatic N) is 4. The number of nitrogen functional groups attached to an aromatic ring is 2. The Hall–Kier alpha value is -6.29. The van der Waals surface area contributed by atoms with Gasteiger partial charge in [-0.15, -0.1) is 0 Å². The van der Waals surface area contributed by atoms with Crippen molar-refractivity contribution in [3.05, 3.63) is 154 Å². The zero-order valence-corrected chi connectivity index (χ0v) is 33.9. The van der Waals surface area contributed by atoms with Crippen LogP contribution in [0.1, 0.15) is 76.1 Å². The average molecular weight is 770 g/mol. The largest absolute Gasteiger partial charge is 0.395 e. The van der Waals surface area contributed by atoms with Gasteiger partial charge in [-0.2, -0.15) is 0 Å². The van der Waals surface area contributed by atoms with E-state index >= 15 is 0 Å². The Kier molecular flexibility index (Phi) is 12.0. The summed E-state index contributed by atoms with van der Waals surface area (Å²) >= 11 is 0. The maximum Gasteiger partial charge on any atom is 0.159 e. The summed E-state index contributed by atoms with van der Waals surface area (Å²) in [7, 11) is 0. The molecule has 8 aromatic rings. The molecule has 0 bridgehead atoms. The minimum atomic E-state index is 0.0827. The lowest BCUT2D eigenvalue weighted by Crippen LogP contribution is -2.31. The number of pyridine rings is 4. The first-order valence-electron chi connectivity index (χ1n) is 19.9. The van der Waals surface area contributed by atoms with Crippen molar-refractivity contribution in [1.29, 1.82) is 0 Å². The summed E-state index contributed by atoms with van der Waals surface area (Å²) in [4.78, 5) is 29.6. The predicted molar refractivity (Wildman–Crippen MR) is 238 cm³/mol. The summed E-state index contributed by atoms with van der Waals surface area (Å²) in [5.74, 6) is 1.04. The van der Waals surface area contributed by atoms with Gasteiger partial charge in [-0.3, -0.25) is 14.8 Å². The molecule has 58 heavy (non-hydrogen) atoms. The highest BCUT2D eigenvalue weighted by atomic mass is 16.3. The van der Waals surface area contributed by atoms with Gasteiger partial charge in [-0.05, 0) is 124 Å². The van der Waals surface area contributed by atoms with Crippen molar-refractivity contribution >= 4 is 61.0 Å². The molecule has 8 rings (SSSR count). The molecule has 0 saturated carbocycles. The molecule has 6 N–H and O–H groups in total. The van der Waals surface area contributed by atoms with Crippen LogP contribution in [-0.4, -0.2) is 43.5 Å². The van der Waals surface area contributed by atoms with E-state index < -0.39 is 0 Å². The highest BCUT2D eigenvalue weighted by Gasteiger charge is 2.12. The molecule has 0 aliphatic heterocycles. The van der Waals surface area contributed by atoms with E-state index in [4.69, 9.17) is 11.5 Å². The molecule has 294 valence electrons. The van der Waals surface area contributed by atoms with Crippen LogP contribution in [0.4, 0.5) is 11.6 Å². The summed E-state index contributed by atoms with van der Waals surface area (Å²) in [6.07, 6.45) is 7.41. The van der Waals surface area contributed by atoms with Crippen LogP contribution in [0.5, 0.6) is 0 Å². The number of Topliss-reactive ketones (excluding diaryl/α,β-unsaturated/α-hetero) is 1. The number of aromatic nitrogens is 4. The quantitative estimate of drug-likeness (QED) is 0.0745. The molecule has 0 fully saturated rings. The van der Waals surface area contributed by atoms with Crippen LogP contribution >= 0.6 is 0 Å². The lowest BCUT2D eigenvalue weighted by atomic mass is 10.00. The number of carbonyl (C=O) groups excluding carboxylic acids is 1. The number of rotatable bonds is 11. The number of hydrogen-bond acceptors (Lipinski definition) is 9. The van der Waals surface area contributed by atoms with Crippen molar-refractivity contribution in [2.75, 3.05) is 18.1 Å². The van der Waals surface area contributed by atoms with Crippen LogP contribution in [0.25, 0.3) is 43.6 Å². The summed E-state index contributed by atoms with van der Waals surface area (Å²) in [6.45, 7) is 9.94. The molecule has 0 spiro atoms. The molecule has 4 aromatic heterocycles. The van der Waals surface area contributed by atoms with Crippen molar-refractivity contribution in [3.8, 4) is 0 Å². The van der Waals surface area contributed by atoms with Gasteiger partial charge in [0.1, 0.15) is 11.0 Å². The number of anilines is 2. The zero-order chi connectivity index (χ0) is 40.9. The molecule has 0 saturated heterocycles. The molecule has 4 heterocycles. The van der Waals surface area contributed by atoms with Gasteiger partial charge in [0.25, 0.3) is 0 Å². The second-order valence-electron chi connectivity index (χ2n) is 15.5. The number of hydrogen-bond donors (Lipinski definition) is 4. The van der Waals surface area contributed by atoms with E-state index in [9.17, 15) is 9.90 Å². The smallest absolute Gasteiger partial charge is 0.159 e. The molecule has 1 unspecified atom stereocenters. The molecule has 0 aliphatic rings. The van der Waals surface area contributed by atoms with E-state index in [-0.39, 0.29) is 24.5 Å². The number of ketones is 1. The van der Waals surface area contributed by atoms with Crippen molar-refractivity contribution < 1.29 is 9.90 Å². The van der Waals surface area contributed by atoms with Crippen LogP contribution in [0.3, 0.4) is 0 Å². The first-order valence-corrected chi connectivity index (χ1v) is 19.9. The van der Waals surface area contributed by atoms with Crippen molar-refractivity contribution in [1.82, 2.24) is 25.3 Å². The molecular weight excluding hydrogens is 719 g/mol. The molecule has 0 amide bonds. The predicted octanol–water partition coefficient (Wildman–Crippen LogP) is 9.15. The van der Waals surface area contributed by atoms with Crippen LogP contribution in [0.15, 0.2) is 109 Å². The van der Waals surface area contributed by atoms with Gasteiger partial charge >= 0.3 is 0 Å². The van der Waals surface area contributed by atoms with E-state index in [1.54, 1.807) is 6.92 Å². The van der Waals surface area contributed by atoms with Gasteiger partial charge < -0.3 is 21.9 Å². The van der Waals surface area contributed by atoms with Gasteiger partial charge in [0, 0.05) is 51.6 Å². The third-order valence-corrected chi connectivity index (χ3v) is 10.8. The second kappa shape index (κ2) is 17.5. The number of aliphatic hydroxyl groups excluding tert-OH is 1. The first-order chi connectivity index (χ1) is 27.9. The van der Waals surface area contributed by atoms with E-state index in [0.29, 0.717) is 11.6 Å². The fraction of sp³-hybridized carbons (Fsp3) is 0.245. The highest BCUT2D eigenvalue weighted by Crippen LogP contribution is 2.30. The minimum Gasteiger partial charge on any atom is -0.395 e. The number of fused-ring (bicyclic) bond motifs is 6. The topological polar surface area (TPSA) is 153 Å². The lowest BCUT2D eigenvalue weighted by Gasteiger charge is -2.19. The van der Waals surface area contributed by atoms with Crippen LogP contribution in [-0.2, 0) is 25.7 Å². The summed E-state index contributed by atoms with van der Waals surface area (Å²) in [5, 5.41) is 16.9. The Morgan fingerprint density at radius 3 is 1.52 bits per heavy atom. The van der Waals surface area contributed by atoms with Crippen LogP contribution < -0.4 is 16.8 Å². The van der Waals surface area contributed by atoms with Gasteiger partial charge in [0.2, 0.25) is 0 Å². The van der Waals surface area contributed by atoms with Crippen LogP contribution in [0, 0.1) is 13.8 Å². The molecule has 0 aliphatic carbocycles. The van der Waals surface area contributed by atoms with Gasteiger partial charge in [0.05, 0.1) is 17.6 Å². The van der Waals surface area contributed by atoms with Crippen LogP contribution in [0.2, 0.25) is 0 Å². The molecule has 9 heteroatoms. The number of nitrogens with two attached hydrogens (primary N) is 2. The Morgan fingerprint density at radius 2 is 1.07 bits per heavy atom.